The summed E-state index contributed by atoms with van der Waals surface area (Å²) in [5.41, 5.74) is 1.23. The summed E-state index contributed by atoms with van der Waals surface area (Å²) in [5, 5.41) is 7.60. The van der Waals surface area contributed by atoms with Crippen LogP contribution in [0.1, 0.15) is 21.5 Å². The average molecular weight is 442 g/mol. The zero-order valence-corrected chi connectivity index (χ0v) is 16.7. The number of benzene rings is 2. The number of sulfonamides is 1. The number of rotatable bonds is 9. The summed E-state index contributed by atoms with van der Waals surface area (Å²) in [4.78, 5) is 23.8. The normalized spacial score (nSPS) is 11.2. The SMILES string of the molecule is Cc1ccc(S(N)(=O)=O)cc1C(=O)OCC(=O)NCCc1ccc(OC(F)F)cc1. The van der Waals surface area contributed by atoms with Crippen molar-refractivity contribution in [3.05, 3.63) is 59.2 Å². The largest absolute Gasteiger partial charge is 0.452 e. The number of ether oxygens (including phenoxy) is 2. The lowest BCUT2D eigenvalue weighted by Gasteiger charge is -2.09. The van der Waals surface area contributed by atoms with Gasteiger partial charge in [0.05, 0.1) is 10.5 Å². The molecule has 0 radical (unpaired) electrons. The number of aryl methyl sites for hydroxylation is 1. The van der Waals surface area contributed by atoms with Gasteiger partial charge in [-0.25, -0.2) is 18.4 Å². The van der Waals surface area contributed by atoms with Crippen molar-refractivity contribution in [1.29, 1.82) is 0 Å². The average Bonchev–Trinajstić information content (AvgIpc) is 2.66. The maximum Gasteiger partial charge on any atom is 0.387 e. The third kappa shape index (κ3) is 7.08. The van der Waals surface area contributed by atoms with Crippen molar-refractivity contribution in [3.8, 4) is 5.75 Å². The molecular weight excluding hydrogens is 422 g/mol. The summed E-state index contributed by atoms with van der Waals surface area (Å²) in [6.07, 6.45) is 0.421. The van der Waals surface area contributed by atoms with E-state index in [9.17, 15) is 26.8 Å². The van der Waals surface area contributed by atoms with E-state index in [0.29, 0.717) is 12.0 Å². The molecule has 0 unspecified atom stereocenters. The number of nitrogens with one attached hydrogen (secondary N) is 1. The molecule has 0 saturated carbocycles. The lowest BCUT2D eigenvalue weighted by Crippen LogP contribution is -2.30. The molecule has 0 aromatic heterocycles. The number of esters is 1. The zero-order chi connectivity index (χ0) is 22.3. The molecule has 162 valence electrons. The van der Waals surface area contributed by atoms with Crippen LogP contribution in [0.4, 0.5) is 8.78 Å². The van der Waals surface area contributed by atoms with Crippen molar-refractivity contribution in [2.24, 2.45) is 5.14 Å². The Hall–Kier alpha value is -3.05. The number of hydrogen-bond acceptors (Lipinski definition) is 6. The second-order valence-corrected chi connectivity index (χ2v) is 7.78. The Bertz CT molecular complexity index is 1010. The molecule has 2 aromatic rings. The number of alkyl halides is 2. The van der Waals surface area contributed by atoms with Crippen molar-refractivity contribution in [2.45, 2.75) is 24.9 Å². The van der Waals surface area contributed by atoms with E-state index in [-0.39, 0.29) is 22.8 Å². The fourth-order valence-electron chi connectivity index (χ4n) is 2.44. The first-order chi connectivity index (χ1) is 14.1. The van der Waals surface area contributed by atoms with Gasteiger partial charge in [0, 0.05) is 6.54 Å². The van der Waals surface area contributed by atoms with Gasteiger partial charge in [-0.05, 0) is 48.7 Å². The van der Waals surface area contributed by atoms with E-state index in [1.807, 2.05) is 0 Å². The molecule has 1 amide bonds. The Labute approximate surface area is 172 Å². The summed E-state index contributed by atoms with van der Waals surface area (Å²) < 4.78 is 56.2. The van der Waals surface area contributed by atoms with Gasteiger partial charge in [0.25, 0.3) is 5.91 Å². The quantitative estimate of drug-likeness (QED) is 0.570. The second kappa shape index (κ2) is 10.1. The molecular formula is C19H20F2N2O6S. The van der Waals surface area contributed by atoms with Crippen molar-refractivity contribution in [1.82, 2.24) is 5.32 Å². The lowest BCUT2D eigenvalue weighted by atomic mass is 10.1. The molecule has 11 heteroatoms. The first-order valence-electron chi connectivity index (χ1n) is 8.67. The van der Waals surface area contributed by atoms with Crippen LogP contribution >= 0.6 is 0 Å². The molecule has 0 spiro atoms. The van der Waals surface area contributed by atoms with Crippen LogP contribution in [0.25, 0.3) is 0 Å². The molecule has 8 nitrogen and oxygen atoms in total. The van der Waals surface area contributed by atoms with Crippen LogP contribution in [0, 0.1) is 6.92 Å². The molecule has 0 fully saturated rings. The molecule has 30 heavy (non-hydrogen) atoms. The maximum absolute atomic E-state index is 12.1. The van der Waals surface area contributed by atoms with Gasteiger partial charge in [-0.1, -0.05) is 18.2 Å². The van der Waals surface area contributed by atoms with E-state index in [0.717, 1.165) is 11.6 Å². The first kappa shape index (κ1) is 23.2. The fraction of sp³-hybridized carbons (Fsp3) is 0.263. The second-order valence-electron chi connectivity index (χ2n) is 6.22. The third-order valence-electron chi connectivity index (χ3n) is 3.98. The van der Waals surface area contributed by atoms with Crippen LogP contribution in [-0.4, -0.2) is 40.1 Å². The highest BCUT2D eigenvalue weighted by atomic mass is 32.2. The predicted molar refractivity (Wildman–Crippen MR) is 103 cm³/mol. The van der Waals surface area contributed by atoms with E-state index >= 15 is 0 Å². The third-order valence-corrected chi connectivity index (χ3v) is 4.89. The number of carbonyl (C=O) groups is 2. The van der Waals surface area contributed by atoms with E-state index in [1.165, 1.54) is 24.3 Å². The molecule has 2 rings (SSSR count). The van der Waals surface area contributed by atoms with E-state index in [2.05, 4.69) is 10.1 Å². The monoisotopic (exact) mass is 442 g/mol. The van der Waals surface area contributed by atoms with Gasteiger partial charge in [0.1, 0.15) is 5.75 Å². The van der Waals surface area contributed by atoms with E-state index in [1.54, 1.807) is 19.1 Å². The van der Waals surface area contributed by atoms with E-state index < -0.39 is 35.1 Å². The molecule has 0 heterocycles. The minimum atomic E-state index is -3.99. The molecule has 0 aliphatic heterocycles. The Balaban J connectivity index is 1.81. The molecule has 0 saturated heterocycles. The Morgan fingerprint density at radius 2 is 1.80 bits per heavy atom. The van der Waals surface area contributed by atoms with Crippen LogP contribution < -0.4 is 15.2 Å². The molecule has 0 bridgehead atoms. The topological polar surface area (TPSA) is 125 Å². The van der Waals surface area contributed by atoms with Crippen LogP contribution in [0.3, 0.4) is 0 Å². The summed E-state index contributed by atoms with van der Waals surface area (Å²) >= 11 is 0. The Morgan fingerprint density at radius 3 is 2.40 bits per heavy atom. The molecule has 0 aliphatic rings. The Kier molecular flexibility index (Phi) is 7.84. The summed E-state index contributed by atoms with van der Waals surface area (Å²) in [6, 6.07) is 9.73. The van der Waals surface area contributed by atoms with Gasteiger partial charge in [0.2, 0.25) is 10.0 Å². The van der Waals surface area contributed by atoms with Gasteiger partial charge < -0.3 is 14.8 Å². The Morgan fingerprint density at radius 1 is 1.13 bits per heavy atom. The van der Waals surface area contributed by atoms with Crippen LogP contribution in [0.5, 0.6) is 5.75 Å². The van der Waals surface area contributed by atoms with Crippen molar-refractivity contribution >= 4 is 21.9 Å². The number of nitrogens with two attached hydrogens (primary N) is 1. The van der Waals surface area contributed by atoms with Crippen LogP contribution in [0.2, 0.25) is 0 Å². The summed E-state index contributed by atoms with van der Waals surface area (Å²) in [7, 11) is -3.99. The smallest absolute Gasteiger partial charge is 0.387 e. The van der Waals surface area contributed by atoms with Crippen molar-refractivity contribution in [2.75, 3.05) is 13.2 Å². The zero-order valence-electron chi connectivity index (χ0n) is 15.9. The lowest BCUT2D eigenvalue weighted by molar-refractivity contribution is -0.124. The van der Waals surface area contributed by atoms with Crippen molar-refractivity contribution in [3.63, 3.8) is 0 Å². The van der Waals surface area contributed by atoms with Crippen LogP contribution in [0.15, 0.2) is 47.4 Å². The summed E-state index contributed by atoms with van der Waals surface area (Å²) in [5.74, 6) is -1.38. The number of hydrogen-bond donors (Lipinski definition) is 2. The predicted octanol–water partition coefficient (Wildman–Crippen LogP) is 1.76. The maximum atomic E-state index is 12.1. The highest BCUT2D eigenvalue weighted by molar-refractivity contribution is 7.89. The minimum absolute atomic E-state index is 0.0135. The first-order valence-corrected chi connectivity index (χ1v) is 10.2. The number of carbonyl (C=O) groups excluding carboxylic acids is 2. The molecule has 0 aliphatic carbocycles. The molecule has 0 atom stereocenters. The fourth-order valence-corrected chi connectivity index (χ4v) is 2.98. The minimum Gasteiger partial charge on any atom is -0.452 e. The molecule has 2 aromatic carbocycles. The highest BCUT2D eigenvalue weighted by Crippen LogP contribution is 2.16. The van der Waals surface area contributed by atoms with Gasteiger partial charge in [-0.2, -0.15) is 8.78 Å². The highest BCUT2D eigenvalue weighted by Gasteiger charge is 2.17. The van der Waals surface area contributed by atoms with Crippen molar-refractivity contribution < 1.29 is 36.3 Å². The number of primary sulfonamides is 1. The van der Waals surface area contributed by atoms with Crippen LogP contribution in [-0.2, 0) is 26.0 Å². The number of halogens is 2. The summed E-state index contributed by atoms with van der Waals surface area (Å²) in [6.45, 7) is -1.64. The standard InChI is InChI=1S/C19H20F2N2O6S/c1-12-2-7-15(30(22,26)27)10-16(12)18(25)28-11-17(24)23-9-8-13-3-5-14(6-4-13)29-19(20)21/h2-7,10,19H,8-9,11H2,1H3,(H,23,24)(H2,22,26,27). The van der Waals surface area contributed by atoms with Gasteiger partial charge in [-0.15, -0.1) is 0 Å². The van der Waals surface area contributed by atoms with Gasteiger partial charge in [0.15, 0.2) is 6.61 Å². The van der Waals surface area contributed by atoms with Gasteiger partial charge >= 0.3 is 12.6 Å². The van der Waals surface area contributed by atoms with Gasteiger partial charge in [-0.3, -0.25) is 4.79 Å². The van der Waals surface area contributed by atoms with E-state index in [4.69, 9.17) is 9.88 Å². The number of amides is 1. The molecule has 3 N–H and O–H groups in total.